The predicted molar refractivity (Wildman–Crippen MR) is 135 cm³/mol. The Balaban J connectivity index is 1.41. The standard InChI is InChI=1S/C27H23FN2O4S/c1-3-33-26(32)20-8-12-22(13-9-20)29-27-30(2)25(31)24(35-27)16-18-6-14-23(15-7-18)34-17-19-4-10-21(28)11-5-19/h4-16H,3,17H2,1-2H3/b24-16-,29-27?. The number of halogens is 1. The van der Waals surface area contributed by atoms with Gasteiger partial charge in [0.05, 0.1) is 22.8 Å². The fourth-order valence-corrected chi connectivity index (χ4v) is 4.19. The summed E-state index contributed by atoms with van der Waals surface area (Å²) >= 11 is 1.28. The van der Waals surface area contributed by atoms with Crippen molar-refractivity contribution in [1.82, 2.24) is 4.90 Å². The smallest absolute Gasteiger partial charge is 0.338 e. The van der Waals surface area contributed by atoms with Crippen molar-refractivity contribution in [2.24, 2.45) is 4.99 Å². The average molecular weight is 491 g/mol. The molecule has 0 N–H and O–H groups in total. The fourth-order valence-electron chi connectivity index (χ4n) is 3.21. The van der Waals surface area contributed by atoms with Crippen LogP contribution in [0.4, 0.5) is 10.1 Å². The lowest BCUT2D eigenvalue weighted by Crippen LogP contribution is -2.23. The molecule has 0 bridgehead atoms. The van der Waals surface area contributed by atoms with Gasteiger partial charge in [-0.1, -0.05) is 24.3 Å². The molecule has 1 amide bonds. The highest BCUT2D eigenvalue weighted by Gasteiger charge is 2.30. The number of amides is 1. The zero-order valence-corrected chi connectivity index (χ0v) is 20.0. The number of carbonyl (C=O) groups is 2. The van der Waals surface area contributed by atoms with E-state index in [0.29, 0.717) is 40.3 Å². The van der Waals surface area contributed by atoms with E-state index in [1.54, 1.807) is 56.4 Å². The first-order valence-electron chi connectivity index (χ1n) is 10.9. The van der Waals surface area contributed by atoms with Gasteiger partial charge in [0.15, 0.2) is 5.17 Å². The molecule has 178 valence electrons. The Morgan fingerprint density at radius 1 is 1.03 bits per heavy atom. The van der Waals surface area contributed by atoms with Gasteiger partial charge < -0.3 is 9.47 Å². The molecule has 8 heteroatoms. The Hall–Kier alpha value is -3.91. The van der Waals surface area contributed by atoms with E-state index in [0.717, 1.165) is 11.1 Å². The van der Waals surface area contributed by atoms with Crippen molar-refractivity contribution in [2.75, 3.05) is 13.7 Å². The Bertz CT molecular complexity index is 1270. The molecule has 0 unspecified atom stereocenters. The minimum Gasteiger partial charge on any atom is -0.489 e. The molecule has 0 aliphatic carbocycles. The molecular weight excluding hydrogens is 467 g/mol. The number of thioether (sulfide) groups is 1. The van der Waals surface area contributed by atoms with Gasteiger partial charge in [0, 0.05) is 7.05 Å². The lowest BCUT2D eigenvalue weighted by molar-refractivity contribution is -0.121. The van der Waals surface area contributed by atoms with Crippen LogP contribution in [-0.4, -0.2) is 35.6 Å². The molecule has 1 aliphatic heterocycles. The highest BCUT2D eigenvalue weighted by atomic mass is 32.2. The van der Waals surface area contributed by atoms with E-state index in [2.05, 4.69) is 4.99 Å². The summed E-state index contributed by atoms with van der Waals surface area (Å²) in [5.41, 5.74) is 2.80. The number of likely N-dealkylation sites (N-methyl/N-ethyl adjacent to an activating group) is 1. The van der Waals surface area contributed by atoms with Crippen LogP contribution in [0.1, 0.15) is 28.4 Å². The summed E-state index contributed by atoms with van der Waals surface area (Å²) in [6.45, 7) is 2.40. The third kappa shape index (κ3) is 6.16. The van der Waals surface area contributed by atoms with Crippen LogP contribution in [0, 0.1) is 5.82 Å². The van der Waals surface area contributed by atoms with Gasteiger partial charge >= 0.3 is 5.97 Å². The largest absolute Gasteiger partial charge is 0.489 e. The number of rotatable bonds is 7. The summed E-state index contributed by atoms with van der Waals surface area (Å²) < 4.78 is 23.7. The van der Waals surface area contributed by atoms with Gasteiger partial charge in [-0.3, -0.25) is 9.69 Å². The highest BCUT2D eigenvalue weighted by molar-refractivity contribution is 8.18. The van der Waals surface area contributed by atoms with Crippen LogP contribution in [0.2, 0.25) is 0 Å². The van der Waals surface area contributed by atoms with Gasteiger partial charge in [-0.05, 0) is 84.4 Å². The number of nitrogens with zero attached hydrogens (tertiary/aromatic N) is 2. The lowest BCUT2D eigenvalue weighted by atomic mass is 10.2. The Labute approximate surface area is 207 Å². The molecule has 6 nitrogen and oxygen atoms in total. The number of esters is 1. The zero-order chi connectivity index (χ0) is 24.8. The molecule has 3 aromatic rings. The second kappa shape index (κ2) is 11.0. The Kier molecular flexibility index (Phi) is 7.62. The second-order valence-electron chi connectivity index (χ2n) is 7.62. The van der Waals surface area contributed by atoms with E-state index in [1.165, 1.54) is 28.8 Å². The highest BCUT2D eigenvalue weighted by Crippen LogP contribution is 2.33. The van der Waals surface area contributed by atoms with E-state index in [4.69, 9.17) is 9.47 Å². The van der Waals surface area contributed by atoms with Crippen molar-refractivity contribution in [2.45, 2.75) is 13.5 Å². The van der Waals surface area contributed by atoms with E-state index < -0.39 is 0 Å². The van der Waals surface area contributed by atoms with Crippen LogP contribution < -0.4 is 4.74 Å². The normalized spacial score (nSPS) is 15.6. The van der Waals surface area contributed by atoms with Gasteiger partial charge in [-0.15, -0.1) is 0 Å². The van der Waals surface area contributed by atoms with Crippen molar-refractivity contribution >= 4 is 40.6 Å². The summed E-state index contributed by atoms with van der Waals surface area (Å²) in [6, 6.07) is 20.3. The van der Waals surface area contributed by atoms with Crippen molar-refractivity contribution in [1.29, 1.82) is 0 Å². The molecule has 3 aromatic carbocycles. The molecule has 0 spiro atoms. The van der Waals surface area contributed by atoms with Crippen molar-refractivity contribution in [3.8, 4) is 5.75 Å². The molecule has 1 saturated heterocycles. The Morgan fingerprint density at radius 3 is 2.37 bits per heavy atom. The number of hydrogen-bond donors (Lipinski definition) is 0. The maximum atomic E-state index is 13.0. The fraction of sp³-hybridized carbons (Fsp3) is 0.148. The molecule has 1 fully saturated rings. The second-order valence-corrected chi connectivity index (χ2v) is 8.63. The van der Waals surface area contributed by atoms with Gasteiger partial charge in [0.25, 0.3) is 5.91 Å². The summed E-state index contributed by atoms with van der Waals surface area (Å²) in [6.07, 6.45) is 1.81. The first-order chi connectivity index (χ1) is 16.9. The van der Waals surface area contributed by atoms with Crippen LogP contribution >= 0.6 is 11.8 Å². The quantitative estimate of drug-likeness (QED) is 0.309. The SMILES string of the molecule is CCOC(=O)c1ccc(N=C2S/C(=C\c3ccc(OCc4ccc(F)cc4)cc3)C(=O)N2C)cc1. The third-order valence-corrected chi connectivity index (χ3v) is 6.16. The first kappa shape index (κ1) is 24.2. The minimum atomic E-state index is -0.383. The summed E-state index contributed by atoms with van der Waals surface area (Å²) in [5.74, 6) is -0.136. The number of amidine groups is 1. The first-order valence-corrected chi connectivity index (χ1v) is 11.8. The molecule has 4 rings (SSSR count). The minimum absolute atomic E-state index is 0.145. The van der Waals surface area contributed by atoms with Gasteiger partial charge in [-0.25, -0.2) is 14.2 Å². The predicted octanol–water partition coefficient (Wildman–Crippen LogP) is 5.82. The molecule has 1 aliphatic rings. The average Bonchev–Trinajstić information content (AvgIpc) is 3.12. The molecule has 1 heterocycles. The van der Waals surface area contributed by atoms with E-state index in [9.17, 15) is 14.0 Å². The van der Waals surface area contributed by atoms with Crippen LogP contribution in [0.25, 0.3) is 6.08 Å². The maximum Gasteiger partial charge on any atom is 0.338 e. The lowest BCUT2D eigenvalue weighted by Gasteiger charge is -2.07. The molecule has 0 atom stereocenters. The monoisotopic (exact) mass is 490 g/mol. The third-order valence-electron chi connectivity index (χ3n) is 5.10. The van der Waals surface area contributed by atoms with E-state index in [1.807, 2.05) is 24.3 Å². The maximum absolute atomic E-state index is 13.0. The molecule has 35 heavy (non-hydrogen) atoms. The van der Waals surface area contributed by atoms with E-state index in [-0.39, 0.29) is 17.7 Å². The van der Waals surface area contributed by atoms with Gasteiger partial charge in [-0.2, -0.15) is 0 Å². The molecule has 0 saturated carbocycles. The number of hydrogen-bond acceptors (Lipinski definition) is 6. The summed E-state index contributed by atoms with van der Waals surface area (Å²) in [5, 5.41) is 0.546. The zero-order valence-electron chi connectivity index (χ0n) is 19.2. The van der Waals surface area contributed by atoms with Crippen molar-refractivity contribution < 1.29 is 23.5 Å². The van der Waals surface area contributed by atoms with Crippen LogP contribution in [0.3, 0.4) is 0 Å². The van der Waals surface area contributed by atoms with E-state index >= 15 is 0 Å². The van der Waals surface area contributed by atoms with Gasteiger partial charge in [0.1, 0.15) is 18.2 Å². The Morgan fingerprint density at radius 2 is 1.71 bits per heavy atom. The van der Waals surface area contributed by atoms with Crippen molar-refractivity contribution in [3.05, 3.63) is 100 Å². The number of aliphatic imine (C=N–C) groups is 1. The molecule has 0 radical (unpaired) electrons. The summed E-state index contributed by atoms with van der Waals surface area (Å²) in [4.78, 5) is 31.1. The van der Waals surface area contributed by atoms with Crippen molar-refractivity contribution in [3.63, 3.8) is 0 Å². The number of ether oxygens (including phenoxy) is 2. The number of benzene rings is 3. The molecule has 0 aromatic heterocycles. The number of carbonyl (C=O) groups excluding carboxylic acids is 2. The topological polar surface area (TPSA) is 68.2 Å². The van der Waals surface area contributed by atoms with Crippen LogP contribution in [0.5, 0.6) is 5.75 Å². The van der Waals surface area contributed by atoms with Gasteiger partial charge in [0.2, 0.25) is 0 Å². The van der Waals surface area contributed by atoms with Crippen LogP contribution in [0.15, 0.2) is 82.7 Å². The van der Waals surface area contributed by atoms with Crippen LogP contribution in [-0.2, 0) is 16.1 Å². The summed E-state index contributed by atoms with van der Waals surface area (Å²) in [7, 11) is 1.67. The molecular formula is C27H23FN2O4S.